The predicted octanol–water partition coefficient (Wildman–Crippen LogP) is 8.59. The third-order valence-corrected chi connectivity index (χ3v) is 16.6. The lowest BCUT2D eigenvalue weighted by atomic mass is 9.78. The molecule has 3 aliphatic heterocycles. The van der Waals surface area contributed by atoms with Crippen molar-refractivity contribution in [1.82, 2.24) is 4.90 Å². The fourth-order valence-electron chi connectivity index (χ4n) is 11.7. The highest BCUT2D eigenvalue weighted by Crippen LogP contribution is 2.38. The number of allylic oxidation sites excluding steroid dienone is 6. The summed E-state index contributed by atoms with van der Waals surface area (Å²) in [6, 6.07) is 9.16. The first-order chi connectivity index (χ1) is 36.8. The molecule has 430 valence electrons. The average Bonchev–Trinajstić information content (AvgIpc) is 3.43. The number of aliphatic hydroxyl groups excluding tert-OH is 2. The molecule has 15 heteroatoms. The second-order valence-electron chi connectivity index (χ2n) is 22.7. The molecule has 0 aromatic heterocycles. The molecular weight excluding hydrogens is 983 g/mol. The first kappa shape index (κ1) is 63.6. The van der Waals surface area contributed by atoms with Gasteiger partial charge in [-0.1, -0.05) is 101 Å². The van der Waals surface area contributed by atoms with Gasteiger partial charge in [0.25, 0.3) is 11.7 Å². The van der Waals surface area contributed by atoms with Crippen molar-refractivity contribution in [1.29, 1.82) is 0 Å². The normalized spacial score (nSPS) is 35.9. The fourth-order valence-corrected chi connectivity index (χ4v) is 11.7. The van der Waals surface area contributed by atoms with Crippen LogP contribution in [0.4, 0.5) is 0 Å². The highest BCUT2D eigenvalue weighted by atomic mass is 16.6. The zero-order valence-electron chi connectivity index (χ0n) is 47.6. The molecule has 1 saturated carbocycles. The molecule has 15 nitrogen and oxygen atoms in total. The van der Waals surface area contributed by atoms with Gasteiger partial charge < -0.3 is 48.6 Å². The molecule has 1 aromatic rings. The van der Waals surface area contributed by atoms with Crippen LogP contribution in [0.3, 0.4) is 0 Å². The van der Waals surface area contributed by atoms with E-state index in [0.29, 0.717) is 63.5 Å². The van der Waals surface area contributed by atoms with E-state index in [1.54, 1.807) is 34.0 Å². The van der Waals surface area contributed by atoms with Gasteiger partial charge in [0.2, 0.25) is 5.79 Å². The van der Waals surface area contributed by atoms with Crippen molar-refractivity contribution in [3.63, 3.8) is 0 Å². The Kier molecular flexibility index (Phi) is 26.1. The number of Topliss-reactive ketones (excluding diaryl/α,β-unsaturated/α-hetero) is 3. The number of nitrogens with zero attached hydrogens (tertiary/aromatic N) is 1. The summed E-state index contributed by atoms with van der Waals surface area (Å²) in [7, 11) is 3.08. The zero-order chi connectivity index (χ0) is 56.2. The van der Waals surface area contributed by atoms with Crippen LogP contribution in [0.2, 0.25) is 0 Å². The molecule has 1 aromatic carbocycles. The van der Waals surface area contributed by atoms with Gasteiger partial charge in [0.1, 0.15) is 30.1 Å². The molecule has 15 atom stereocenters. The smallest absolute Gasteiger partial charge is 0.329 e. The fraction of sp³-hybridized carbons (Fsp3) is 0.694. The van der Waals surface area contributed by atoms with Gasteiger partial charge in [0.05, 0.1) is 24.4 Å². The Bertz CT molecular complexity index is 2170. The molecule has 0 radical (unpaired) electrons. The van der Waals surface area contributed by atoms with E-state index in [1.165, 1.54) is 17.6 Å². The molecule has 2 saturated heterocycles. The Balaban J connectivity index is 1.43. The molecular formula is C62H93NO14. The summed E-state index contributed by atoms with van der Waals surface area (Å²) in [4.78, 5) is 73.0. The third-order valence-electron chi connectivity index (χ3n) is 16.6. The standard InChI is InChI=1S/C62H93NO14/c1-40-20-12-10-13-21-41(2)53(75-33-19-31-64)38-49-28-26-46(7)62(71,77-49)59(68)60(69)63-30-17-16-25-50(63)61(70)76-54(39-51(65)42(3)35-45(6)57(67)58(73-9)56(66)44(5)34-40)43(4)36-48-27-29-52(55(37-48)72-8)74-32-18-24-47-22-14-11-15-23-47/h10-15,20-23,35,40,42-44,46,48-50,52-55,57-58,64,67,71H,16-19,24-34,36-39H2,1-9H3/b13-10+,20-12+,41-21+,45-35+/t40-,42-,43-,44-,46-,48+,49+,50+,52-,53?,54+,55-,57-,58+,62-/m1/s1. The first-order valence-corrected chi connectivity index (χ1v) is 28.7. The van der Waals surface area contributed by atoms with Crippen LogP contribution in [0.1, 0.15) is 144 Å². The van der Waals surface area contributed by atoms with E-state index in [4.69, 9.17) is 28.4 Å². The number of piperidine rings is 1. The lowest BCUT2D eigenvalue weighted by Gasteiger charge is -2.43. The number of methoxy groups -OCH3 is 2. The number of aryl methyl sites for hydroxylation is 1. The number of amides is 1. The van der Waals surface area contributed by atoms with Crippen LogP contribution in [0.5, 0.6) is 0 Å². The van der Waals surface area contributed by atoms with Crippen molar-refractivity contribution < 1.29 is 67.7 Å². The summed E-state index contributed by atoms with van der Waals surface area (Å²) in [5.74, 6) is -8.04. The van der Waals surface area contributed by atoms with Crippen LogP contribution in [-0.4, -0.2) is 145 Å². The number of carbonyl (C=O) groups excluding carboxylic acids is 5. The minimum atomic E-state index is -2.47. The highest BCUT2D eigenvalue weighted by molar-refractivity contribution is 6.39. The maximum Gasteiger partial charge on any atom is 0.329 e. The summed E-state index contributed by atoms with van der Waals surface area (Å²) >= 11 is 0. The van der Waals surface area contributed by atoms with E-state index >= 15 is 0 Å². The average molecular weight is 1080 g/mol. The van der Waals surface area contributed by atoms with Gasteiger partial charge in [-0.05, 0) is 132 Å². The molecule has 3 fully saturated rings. The van der Waals surface area contributed by atoms with Crippen LogP contribution in [0.15, 0.2) is 77.9 Å². The maximum atomic E-state index is 14.7. The summed E-state index contributed by atoms with van der Waals surface area (Å²) in [5, 5.41) is 33.3. The van der Waals surface area contributed by atoms with E-state index < -0.39 is 77.8 Å². The molecule has 3 N–H and O–H groups in total. The summed E-state index contributed by atoms with van der Waals surface area (Å²) in [6.45, 7) is 13.6. The van der Waals surface area contributed by atoms with Gasteiger partial charge in [0, 0.05) is 71.2 Å². The molecule has 2 bridgehead atoms. The minimum absolute atomic E-state index is 0.00612. The number of fused-ring (bicyclic) bond motifs is 3. The Morgan fingerprint density at radius 1 is 0.818 bits per heavy atom. The number of cyclic esters (lactones) is 1. The van der Waals surface area contributed by atoms with Crippen LogP contribution in [-0.2, 0) is 58.8 Å². The number of carbonyl (C=O) groups is 5. The van der Waals surface area contributed by atoms with E-state index in [-0.39, 0.29) is 80.5 Å². The number of rotatable bonds is 14. The molecule has 1 aliphatic carbocycles. The molecule has 5 rings (SSSR count). The van der Waals surface area contributed by atoms with Crippen LogP contribution in [0, 0.1) is 35.5 Å². The van der Waals surface area contributed by atoms with Crippen molar-refractivity contribution in [3.8, 4) is 0 Å². The predicted molar refractivity (Wildman–Crippen MR) is 294 cm³/mol. The summed E-state index contributed by atoms with van der Waals surface area (Å²) in [5.41, 5.74) is 2.49. The Labute approximate surface area is 459 Å². The van der Waals surface area contributed by atoms with Gasteiger partial charge >= 0.3 is 5.97 Å². The van der Waals surface area contributed by atoms with Crippen molar-refractivity contribution in [2.24, 2.45) is 35.5 Å². The topological polar surface area (TPSA) is 205 Å². The number of hydrogen-bond acceptors (Lipinski definition) is 14. The van der Waals surface area contributed by atoms with E-state index in [9.17, 15) is 39.3 Å². The SMILES string of the molecule is CO[C@@H]1C[C@H](C[C@@H](C)[C@@H]2CC(=O)[C@H](C)/C=C(\C)[C@@H](O)[C@@H](OC)C(=O)[C@H](C)C[C@H](C)/C=C/C=C/C=C(\C)C(OCCCO)C[C@@H]3CC[C@@H](C)[C@@](O)(O3)C(=O)C(=O)N3CCCC[C@H]3C(=O)O2)CC[C@H]1OCCCc1ccccc1. The largest absolute Gasteiger partial charge is 0.460 e. The van der Waals surface area contributed by atoms with Crippen molar-refractivity contribution in [2.75, 3.05) is 40.6 Å². The van der Waals surface area contributed by atoms with Gasteiger partial charge in [-0.3, -0.25) is 19.2 Å². The van der Waals surface area contributed by atoms with Gasteiger partial charge in [-0.2, -0.15) is 0 Å². The lowest BCUT2D eigenvalue weighted by Crippen LogP contribution is -2.61. The number of ether oxygens (including phenoxy) is 6. The lowest BCUT2D eigenvalue weighted by molar-refractivity contribution is -0.266. The number of hydrogen-bond donors (Lipinski definition) is 3. The molecule has 4 aliphatic rings. The molecule has 0 spiro atoms. The van der Waals surface area contributed by atoms with Crippen molar-refractivity contribution in [3.05, 3.63) is 83.5 Å². The first-order valence-electron chi connectivity index (χ1n) is 28.7. The monoisotopic (exact) mass is 1080 g/mol. The second kappa shape index (κ2) is 31.6. The minimum Gasteiger partial charge on any atom is -0.460 e. The van der Waals surface area contributed by atoms with Gasteiger partial charge in [-0.15, -0.1) is 0 Å². The van der Waals surface area contributed by atoms with E-state index in [1.807, 2.05) is 76.3 Å². The molecule has 1 unspecified atom stereocenters. The van der Waals surface area contributed by atoms with Gasteiger partial charge in [-0.25, -0.2) is 4.79 Å². The molecule has 1 amide bonds. The van der Waals surface area contributed by atoms with Crippen LogP contribution < -0.4 is 0 Å². The number of benzene rings is 1. The number of ketones is 3. The molecule has 77 heavy (non-hydrogen) atoms. The second-order valence-corrected chi connectivity index (χ2v) is 22.7. The van der Waals surface area contributed by atoms with Crippen molar-refractivity contribution >= 4 is 29.2 Å². The van der Waals surface area contributed by atoms with E-state index in [0.717, 1.165) is 31.3 Å². The maximum absolute atomic E-state index is 14.7. The third kappa shape index (κ3) is 18.4. The van der Waals surface area contributed by atoms with Crippen LogP contribution >= 0.6 is 0 Å². The summed E-state index contributed by atoms with van der Waals surface area (Å²) in [6.07, 6.45) is 14.3. The molecule has 3 heterocycles. The quantitative estimate of drug-likeness (QED) is 0.0691. The van der Waals surface area contributed by atoms with Gasteiger partial charge in [0.15, 0.2) is 5.78 Å². The Morgan fingerprint density at radius 3 is 2.27 bits per heavy atom. The Morgan fingerprint density at radius 2 is 1.56 bits per heavy atom. The zero-order valence-corrected chi connectivity index (χ0v) is 47.6. The summed E-state index contributed by atoms with van der Waals surface area (Å²) < 4.78 is 36.9. The Hall–Kier alpha value is -4.19. The van der Waals surface area contributed by atoms with Crippen molar-refractivity contribution in [2.45, 2.75) is 199 Å². The number of esters is 1. The highest BCUT2D eigenvalue weighted by Gasteiger charge is 2.53. The van der Waals surface area contributed by atoms with E-state index in [2.05, 4.69) is 12.1 Å². The van der Waals surface area contributed by atoms with Crippen LogP contribution in [0.25, 0.3) is 0 Å². The number of aliphatic hydroxyl groups is 3.